The summed E-state index contributed by atoms with van der Waals surface area (Å²) in [6.45, 7) is 9.61. The van der Waals surface area contributed by atoms with Crippen molar-refractivity contribution < 1.29 is 4.74 Å². The minimum absolute atomic E-state index is 0.528. The van der Waals surface area contributed by atoms with E-state index in [0.29, 0.717) is 6.04 Å². The first-order valence-corrected chi connectivity index (χ1v) is 10.2. The number of benzene rings is 1. The second-order valence-electron chi connectivity index (χ2n) is 7.01. The standard InChI is InChI=1S/C21H36N4O/c1-4-13-25-14-10-19(11-15-25)24-21(22-3)23-12-9-18-7-6-8-20(17-18)26-16-5-2/h6-8,17,19H,4-5,9-16H2,1-3H3,(H2,22,23,24). The minimum atomic E-state index is 0.528. The van der Waals surface area contributed by atoms with E-state index in [1.54, 1.807) is 0 Å². The van der Waals surface area contributed by atoms with E-state index in [0.717, 1.165) is 37.7 Å². The Morgan fingerprint density at radius 2 is 2.04 bits per heavy atom. The molecule has 0 bridgehead atoms. The largest absolute Gasteiger partial charge is 0.494 e. The molecule has 1 heterocycles. The number of nitrogens with one attached hydrogen (secondary N) is 2. The maximum absolute atomic E-state index is 5.71. The molecule has 1 aromatic rings. The Kier molecular flexibility index (Phi) is 9.32. The van der Waals surface area contributed by atoms with Crippen molar-refractivity contribution in [1.29, 1.82) is 0 Å². The molecule has 5 nitrogen and oxygen atoms in total. The predicted molar refractivity (Wildman–Crippen MR) is 110 cm³/mol. The fourth-order valence-corrected chi connectivity index (χ4v) is 3.34. The zero-order valence-corrected chi connectivity index (χ0v) is 16.8. The summed E-state index contributed by atoms with van der Waals surface area (Å²) < 4.78 is 5.71. The summed E-state index contributed by atoms with van der Waals surface area (Å²) >= 11 is 0. The first-order valence-electron chi connectivity index (χ1n) is 10.2. The van der Waals surface area contributed by atoms with Gasteiger partial charge in [-0.05, 0) is 56.3 Å². The van der Waals surface area contributed by atoms with Crippen molar-refractivity contribution in [3.05, 3.63) is 29.8 Å². The van der Waals surface area contributed by atoms with Crippen LogP contribution in [0.2, 0.25) is 0 Å². The van der Waals surface area contributed by atoms with Crippen LogP contribution in [0.1, 0.15) is 45.1 Å². The van der Waals surface area contributed by atoms with Gasteiger partial charge >= 0.3 is 0 Å². The van der Waals surface area contributed by atoms with Crippen molar-refractivity contribution in [3.63, 3.8) is 0 Å². The maximum atomic E-state index is 5.71. The summed E-state index contributed by atoms with van der Waals surface area (Å²) in [6.07, 6.45) is 5.62. The summed E-state index contributed by atoms with van der Waals surface area (Å²) in [5, 5.41) is 7.03. The van der Waals surface area contributed by atoms with Crippen LogP contribution in [0.3, 0.4) is 0 Å². The molecule has 5 heteroatoms. The summed E-state index contributed by atoms with van der Waals surface area (Å²) in [4.78, 5) is 6.94. The van der Waals surface area contributed by atoms with E-state index >= 15 is 0 Å². The summed E-state index contributed by atoms with van der Waals surface area (Å²) in [5.41, 5.74) is 1.29. The molecule has 0 aliphatic carbocycles. The lowest BCUT2D eigenvalue weighted by Crippen LogP contribution is -2.49. The van der Waals surface area contributed by atoms with Crippen molar-refractivity contribution in [1.82, 2.24) is 15.5 Å². The molecule has 2 rings (SSSR count). The van der Waals surface area contributed by atoms with Crippen LogP contribution in [0.4, 0.5) is 0 Å². The van der Waals surface area contributed by atoms with Crippen molar-refractivity contribution in [2.24, 2.45) is 4.99 Å². The molecule has 0 radical (unpaired) electrons. The lowest BCUT2D eigenvalue weighted by molar-refractivity contribution is 0.206. The van der Waals surface area contributed by atoms with E-state index in [1.807, 2.05) is 13.1 Å². The summed E-state index contributed by atoms with van der Waals surface area (Å²) in [6, 6.07) is 8.91. The normalized spacial score (nSPS) is 16.5. The number of rotatable bonds is 9. The van der Waals surface area contributed by atoms with E-state index in [2.05, 4.69) is 52.6 Å². The SMILES string of the molecule is CCCOc1cccc(CCNC(=NC)NC2CCN(CCC)CC2)c1. The molecular formula is C21H36N4O. The zero-order valence-electron chi connectivity index (χ0n) is 16.8. The molecule has 0 unspecified atom stereocenters. The van der Waals surface area contributed by atoms with Gasteiger partial charge < -0.3 is 20.3 Å². The molecule has 1 aromatic carbocycles. The second kappa shape index (κ2) is 11.8. The van der Waals surface area contributed by atoms with E-state index in [4.69, 9.17) is 4.74 Å². The Morgan fingerprint density at radius 1 is 1.23 bits per heavy atom. The third-order valence-electron chi connectivity index (χ3n) is 4.77. The molecule has 1 fully saturated rings. The van der Waals surface area contributed by atoms with Gasteiger partial charge in [0.15, 0.2) is 5.96 Å². The topological polar surface area (TPSA) is 48.9 Å². The molecule has 0 saturated carbocycles. The smallest absolute Gasteiger partial charge is 0.191 e. The van der Waals surface area contributed by atoms with Crippen molar-refractivity contribution in [2.45, 2.75) is 52.0 Å². The van der Waals surface area contributed by atoms with E-state index in [-0.39, 0.29) is 0 Å². The highest BCUT2D eigenvalue weighted by atomic mass is 16.5. The molecule has 2 N–H and O–H groups in total. The van der Waals surface area contributed by atoms with Gasteiger partial charge in [0.05, 0.1) is 6.61 Å². The van der Waals surface area contributed by atoms with Gasteiger partial charge in [-0.3, -0.25) is 4.99 Å². The summed E-state index contributed by atoms with van der Waals surface area (Å²) in [7, 11) is 1.85. The van der Waals surface area contributed by atoms with Gasteiger partial charge in [-0.1, -0.05) is 26.0 Å². The van der Waals surface area contributed by atoms with Crippen molar-refractivity contribution in [3.8, 4) is 5.75 Å². The minimum Gasteiger partial charge on any atom is -0.494 e. The molecular weight excluding hydrogens is 324 g/mol. The van der Waals surface area contributed by atoms with Crippen LogP contribution < -0.4 is 15.4 Å². The number of nitrogens with zero attached hydrogens (tertiary/aromatic N) is 2. The van der Waals surface area contributed by atoms with Crippen LogP contribution in [0, 0.1) is 0 Å². The fourth-order valence-electron chi connectivity index (χ4n) is 3.34. The Balaban J connectivity index is 1.71. The van der Waals surface area contributed by atoms with Crippen LogP contribution in [-0.4, -0.2) is 56.7 Å². The fraction of sp³-hybridized carbons (Fsp3) is 0.667. The molecule has 1 aliphatic heterocycles. The first-order chi connectivity index (χ1) is 12.7. The number of ether oxygens (including phenoxy) is 1. The molecule has 0 amide bonds. The highest BCUT2D eigenvalue weighted by molar-refractivity contribution is 5.79. The van der Waals surface area contributed by atoms with Gasteiger partial charge in [0.25, 0.3) is 0 Å². The molecule has 0 spiro atoms. The van der Waals surface area contributed by atoms with Gasteiger partial charge in [-0.25, -0.2) is 0 Å². The van der Waals surface area contributed by atoms with Crippen LogP contribution in [0.25, 0.3) is 0 Å². The Hall–Kier alpha value is -1.75. The van der Waals surface area contributed by atoms with Gasteiger partial charge in [-0.2, -0.15) is 0 Å². The average molecular weight is 361 g/mol. The van der Waals surface area contributed by atoms with E-state index in [1.165, 1.54) is 44.5 Å². The molecule has 0 atom stereocenters. The quantitative estimate of drug-likeness (QED) is 0.525. The van der Waals surface area contributed by atoms with Crippen molar-refractivity contribution in [2.75, 3.05) is 39.8 Å². The summed E-state index contributed by atoms with van der Waals surface area (Å²) in [5.74, 6) is 1.88. The molecule has 146 valence electrons. The highest BCUT2D eigenvalue weighted by Gasteiger charge is 2.19. The van der Waals surface area contributed by atoms with Gasteiger partial charge in [0.1, 0.15) is 5.75 Å². The molecule has 26 heavy (non-hydrogen) atoms. The van der Waals surface area contributed by atoms with E-state index < -0.39 is 0 Å². The predicted octanol–water partition coefficient (Wildman–Crippen LogP) is 3.06. The number of hydrogen-bond donors (Lipinski definition) is 2. The van der Waals surface area contributed by atoms with Crippen LogP contribution in [-0.2, 0) is 6.42 Å². The first kappa shape index (κ1) is 20.6. The number of hydrogen-bond acceptors (Lipinski definition) is 3. The second-order valence-corrected chi connectivity index (χ2v) is 7.01. The number of likely N-dealkylation sites (tertiary alicyclic amines) is 1. The van der Waals surface area contributed by atoms with Crippen molar-refractivity contribution >= 4 is 5.96 Å². The van der Waals surface area contributed by atoms with Gasteiger partial charge in [-0.15, -0.1) is 0 Å². The van der Waals surface area contributed by atoms with Gasteiger partial charge in [0.2, 0.25) is 0 Å². The third kappa shape index (κ3) is 7.24. The van der Waals surface area contributed by atoms with Gasteiger partial charge in [0, 0.05) is 32.7 Å². The van der Waals surface area contributed by atoms with Crippen LogP contribution in [0.5, 0.6) is 5.75 Å². The molecule has 1 aliphatic rings. The number of piperidine rings is 1. The lowest BCUT2D eigenvalue weighted by atomic mass is 10.1. The number of aliphatic imine (C=N–C) groups is 1. The molecule has 1 saturated heterocycles. The Labute approximate surface area is 159 Å². The lowest BCUT2D eigenvalue weighted by Gasteiger charge is -2.32. The average Bonchev–Trinajstić information content (AvgIpc) is 2.67. The van der Waals surface area contributed by atoms with Crippen LogP contribution in [0.15, 0.2) is 29.3 Å². The molecule has 0 aromatic heterocycles. The zero-order chi connectivity index (χ0) is 18.6. The maximum Gasteiger partial charge on any atom is 0.191 e. The number of guanidine groups is 1. The Bertz CT molecular complexity index is 539. The Morgan fingerprint density at radius 3 is 2.73 bits per heavy atom. The van der Waals surface area contributed by atoms with Crippen LogP contribution >= 0.6 is 0 Å². The third-order valence-corrected chi connectivity index (χ3v) is 4.77. The van der Waals surface area contributed by atoms with E-state index in [9.17, 15) is 0 Å². The monoisotopic (exact) mass is 360 g/mol. The highest BCUT2D eigenvalue weighted by Crippen LogP contribution is 2.14.